The zero-order valence-corrected chi connectivity index (χ0v) is 15.5. The molecule has 0 spiro atoms. The Balaban J connectivity index is 1.88. The summed E-state index contributed by atoms with van der Waals surface area (Å²) in [5.41, 5.74) is 4.79. The lowest BCUT2D eigenvalue weighted by atomic mass is 10.1. The number of carbonyl (C=O) groups is 2. The number of hydrogen-bond donors (Lipinski definition) is 2. The van der Waals surface area contributed by atoms with Crippen LogP contribution in [-0.2, 0) is 11.2 Å². The summed E-state index contributed by atoms with van der Waals surface area (Å²) in [6, 6.07) is 7.52. The number of aromatic nitrogens is 3. The first-order chi connectivity index (χ1) is 13.0. The van der Waals surface area contributed by atoms with Gasteiger partial charge in [0, 0.05) is 18.5 Å². The number of Topliss-reactive ketones (excluding diaryl/α,β-unsaturated/α-hetero) is 1. The van der Waals surface area contributed by atoms with E-state index in [1.54, 1.807) is 25.4 Å². The van der Waals surface area contributed by atoms with E-state index in [1.165, 1.54) is 0 Å². The normalized spacial score (nSPS) is 13.6. The maximum atomic E-state index is 11.9. The highest BCUT2D eigenvalue weighted by molar-refractivity contribution is 5.97. The third-order valence-corrected chi connectivity index (χ3v) is 4.74. The minimum atomic E-state index is -0.137. The lowest BCUT2D eigenvalue weighted by Gasteiger charge is -2.18. The van der Waals surface area contributed by atoms with Crippen LogP contribution in [0.5, 0.6) is 0 Å². The van der Waals surface area contributed by atoms with Gasteiger partial charge >= 0.3 is 0 Å². The van der Waals surface area contributed by atoms with Crippen LogP contribution in [0.25, 0.3) is 16.7 Å². The molecule has 0 fully saturated rings. The Kier molecular flexibility index (Phi) is 4.14. The predicted octanol–water partition coefficient (Wildman–Crippen LogP) is 2.44. The summed E-state index contributed by atoms with van der Waals surface area (Å²) in [5, 5.41) is 5.78. The molecule has 27 heavy (non-hydrogen) atoms. The van der Waals surface area contributed by atoms with Crippen LogP contribution in [0.4, 0.5) is 5.69 Å². The van der Waals surface area contributed by atoms with Crippen LogP contribution in [0.15, 0.2) is 30.5 Å². The number of imidazole rings is 1. The van der Waals surface area contributed by atoms with Gasteiger partial charge in [0.15, 0.2) is 5.78 Å². The van der Waals surface area contributed by atoms with Crippen LogP contribution >= 0.6 is 0 Å². The molecule has 2 aromatic heterocycles. The van der Waals surface area contributed by atoms with Gasteiger partial charge in [-0.3, -0.25) is 19.1 Å². The zero-order chi connectivity index (χ0) is 19.1. The maximum absolute atomic E-state index is 11.9. The van der Waals surface area contributed by atoms with Gasteiger partial charge in [0.25, 0.3) is 5.91 Å². The molecule has 3 aromatic rings. The van der Waals surface area contributed by atoms with Gasteiger partial charge in [-0.1, -0.05) is 13.8 Å². The van der Waals surface area contributed by atoms with Crippen molar-refractivity contribution in [3.05, 3.63) is 47.5 Å². The van der Waals surface area contributed by atoms with E-state index < -0.39 is 0 Å². The molecule has 0 atom stereocenters. The average molecular weight is 363 g/mol. The number of hydrogen-bond acceptors (Lipinski definition) is 5. The van der Waals surface area contributed by atoms with Crippen LogP contribution in [0.1, 0.15) is 41.6 Å². The Labute approximate surface area is 156 Å². The van der Waals surface area contributed by atoms with Crippen LogP contribution in [0, 0.1) is 0 Å². The molecule has 2 N–H and O–H groups in total. The molecule has 138 valence electrons. The number of pyridine rings is 1. The van der Waals surface area contributed by atoms with E-state index in [9.17, 15) is 9.59 Å². The summed E-state index contributed by atoms with van der Waals surface area (Å²) in [5.74, 6) is 1.08. The van der Waals surface area contributed by atoms with Gasteiger partial charge in [0.05, 0.1) is 47.3 Å². The third-order valence-electron chi connectivity index (χ3n) is 4.74. The number of rotatable bonds is 3. The number of anilines is 1. The quantitative estimate of drug-likeness (QED) is 0.746. The Morgan fingerprint density at radius 1 is 1.30 bits per heavy atom. The largest absolute Gasteiger partial charge is 0.376 e. The van der Waals surface area contributed by atoms with E-state index >= 15 is 0 Å². The second-order valence-electron chi connectivity index (χ2n) is 7.00. The highest BCUT2D eigenvalue weighted by Crippen LogP contribution is 2.29. The van der Waals surface area contributed by atoms with Crippen molar-refractivity contribution < 1.29 is 9.59 Å². The van der Waals surface area contributed by atoms with E-state index in [4.69, 9.17) is 4.98 Å². The first-order valence-electron chi connectivity index (χ1n) is 8.97. The SMILES string of the molecule is CNC(=O)c1ccc2c(c1)nc(C(C)C)n2-c1cnc2c(c1)NCC(=O)C2. The molecule has 0 aliphatic carbocycles. The van der Waals surface area contributed by atoms with Crippen LogP contribution in [0.2, 0.25) is 0 Å². The second kappa shape index (κ2) is 6.50. The van der Waals surface area contributed by atoms with Crippen molar-refractivity contribution in [1.82, 2.24) is 19.9 Å². The van der Waals surface area contributed by atoms with E-state index in [1.807, 2.05) is 12.1 Å². The summed E-state index contributed by atoms with van der Waals surface area (Å²) in [7, 11) is 1.61. The standard InChI is InChI=1S/C20H21N5O2/c1-11(2)19-24-17-6-12(20(27)21-3)4-5-18(17)25(19)13-7-15-16(22-9-13)8-14(26)10-23-15/h4-7,9,11,23H,8,10H2,1-3H3,(H,21,27). The molecule has 0 saturated heterocycles. The second-order valence-corrected chi connectivity index (χ2v) is 7.00. The molecule has 0 bridgehead atoms. The van der Waals surface area contributed by atoms with Gasteiger partial charge < -0.3 is 10.6 Å². The summed E-state index contributed by atoms with van der Waals surface area (Å²) in [4.78, 5) is 32.8. The molecule has 0 saturated carbocycles. The van der Waals surface area contributed by atoms with Crippen molar-refractivity contribution in [2.24, 2.45) is 0 Å². The van der Waals surface area contributed by atoms with Gasteiger partial charge in [-0.25, -0.2) is 4.98 Å². The summed E-state index contributed by atoms with van der Waals surface area (Å²) < 4.78 is 2.07. The van der Waals surface area contributed by atoms with Gasteiger partial charge in [-0.2, -0.15) is 0 Å². The fourth-order valence-corrected chi connectivity index (χ4v) is 3.38. The molecule has 7 nitrogen and oxygen atoms in total. The first-order valence-corrected chi connectivity index (χ1v) is 8.97. The molecule has 3 heterocycles. The fourth-order valence-electron chi connectivity index (χ4n) is 3.38. The van der Waals surface area contributed by atoms with Gasteiger partial charge in [0.1, 0.15) is 5.82 Å². The van der Waals surface area contributed by atoms with Crippen molar-refractivity contribution in [3.63, 3.8) is 0 Å². The number of nitrogens with zero attached hydrogens (tertiary/aromatic N) is 3. The highest BCUT2D eigenvalue weighted by atomic mass is 16.1. The Morgan fingerprint density at radius 2 is 2.11 bits per heavy atom. The van der Waals surface area contributed by atoms with Crippen LogP contribution in [-0.4, -0.2) is 39.8 Å². The molecular formula is C20H21N5O2. The molecule has 0 radical (unpaired) electrons. The lowest BCUT2D eigenvalue weighted by Crippen LogP contribution is -2.23. The average Bonchev–Trinajstić information content (AvgIpc) is 3.06. The van der Waals surface area contributed by atoms with Gasteiger partial charge in [0.2, 0.25) is 0 Å². The van der Waals surface area contributed by atoms with E-state index in [-0.39, 0.29) is 17.6 Å². The maximum Gasteiger partial charge on any atom is 0.251 e. The molecule has 0 unspecified atom stereocenters. The number of ketones is 1. The van der Waals surface area contributed by atoms with Crippen molar-refractivity contribution in [3.8, 4) is 5.69 Å². The molecule has 4 rings (SSSR count). The monoisotopic (exact) mass is 363 g/mol. The Morgan fingerprint density at radius 3 is 2.85 bits per heavy atom. The van der Waals surface area contributed by atoms with E-state index in [0.29, 0.717) is 18.5 Å². The molecule has 7 heteroatoms. The number of fused-ring (bicyclic) bond motifs is 2. The third kappa shape index (κ3) is 2.95. The topological polar surface area (TPSA) is 88.9 Å². The Bertz CT molecular complexity index is 1070. The molecular weight excluding hydrogens is 342 g/mol. The summed E-state index contributed by atoms with van der Waals surface area (Å²) in [6.45, 7) is 4.50. The number of carbonyl (C=O) groups excluding carboxylic acids is 2. The Hall–Kier alpha value is -3.22. The summed E-state index contributed by atoms with van der Waals surface area (Å²) in [6.07, 6.45) is 2.14. The van der Waals surface area contributed by atoms with Crippen molar-refractivity contribution in [2.45, 2.75) is 26.2 Å². The molecule has 1 aliphatic heterocycles. The fraction of sp³-hybridized carbons (Fsp3) is 0.300. The minimum Gasteiger partial charge on any atom is -0.376 e. The predicted molar refractivity (Wildman–Crippen MR) is 104 cm³/mol. The minimum absolute atomic E-state index is 0.137. The zero-order valence-electron chi connectivity index (χ0n) is 15.5. The van der Waals surface area contributed by atoms with Crippen LogP contribution in [0.3, 0.4) is 0 Å². The lowest BCUT2D eigenvalue weighted by molar-refractivity contribution is -0.117. The van der Waals surface area contributed by atoms with Gasteiger partial charge in [-0.05, 0) is 24.3 Å². The smallest absolute Gasteiger partial charge is 0.251 e. The van der Waals surface area contributed by atoms with Gasteiger partial charge in [-0.15, -0.1) is 0 Å². The summed E-state index contributed by atoms with van der Waals surface area (Å²) >= 11 is 0. The van der Waals surface area contributed by atoms with Crippen LogP contribution < -0.4 is 10.6 Å². The van der Waals surface area contributed by atoms with Crippen molar-refractivity contribution in [2.75, 3.05) is 18.9 Å². The number of amides is 1. The highest BCUT2D eigenvalue weighted by Gasteiger charge is 2.20. The van der Waals surface area contributed by atoms with E-state index in [0.717, 1.165) is 33.9 Å². The molecule has 1 aliphatic rings. The molecule has 1 aromatic carbocycles. The van der Waals surface area contributed by atoms with Crippen molar-refractivity contribution in [1.29, 1.82) is 0 Å². The first kappa shape index (κ1) is 17.2. The molecule has 1 amide bonds. The van der Waals surface area contributed by atoms with E-state index in [2.05, 4.69) is 34.0 Å². The van der Waals surface area contributed by atoms with Crippen molar-refractivity contribution >= 4 is 28.4 Å². The number of benzene rings is 1. The number of nitrogens with one attached hydrogen (secondary N) is 2.